The second kappa shape index (κ2) is 9.01. The number of amides is 1. The Morgan fingerprint density at radius 3 is 2.71 bits per heavy atom. The smallest absolute Gasteiger partial charge is 0.310 e. The molecular weight excluding hydrogens is 414 g/mol. The average Bonchev–Trinajstić information content (AvgIpc) is 3.29. The number of allylic oxidation sites excluding steroid dienone is 1. The van der Waals surface area contributed by atoms with Gasteiger partial charge in [0.05, 0.1) is 10.6 Å². The third-order valence-corrected chi connectivity index (χ3v) is 5.89. The minimum Gasteiger partial charge on any atom is -0.508 e. The third-order valence-electron chi connectivity index (χ3n) is 4.97. The van der Waals surface area contributed by atoms with Gasteiger partial charge < -0.3 is 15.5 Å². The molecule has 0 radical (unpaired) electrons. The van der Waals surface area contributed by atoms with Gasteiger partial charge in [-0.1, -0.05) is 41.7 Å². The fourth-order valence-corrected chi connectivity index (χ4v) is 4.17. The summed E-state index contributed by atoms with van der Waals surface area (Å²) in [5.74, 6) is -0.140. The third kappa shape index (κ3) is 4.75. The minimum absolute atomic E-state index is 0.0834. The number of hydrogen-bond donors (Lipinski definition) is 3. The Kier molecular flexibility index (Phi) is 5.99. The second-order valence-corrected chi connectivity index (χ2v) is 8.09. The largest absolute Gasteiger partial charge is 0.508 e. The van der Waals surface area contributed by atoms with Crippen LogP contribution in [0.5, 0.6) is 11.6 Å². The summed E-state index contributed by atoms with van der Waals surface area (Å²) in [6.45, 7) is 0.546. The first-order valence-corrected chi connectivity index (χ1v) is 10.7. The summed E-state index contributed by atoms with van der Waals surface area (Å²) in [4.78, 5) is 28.9. The molecule has 0 saturated carbocycles. The Bertz CT molecular complexity index is 1220. The highest BCUT2D eigenvalue weighted by atomic mass is 32.1. The highest BCUT2D eigenvalue weighted by Gasteiger charge is 2.17. The zero-order chi connectivity index (χ0) is 21.8. The minimum atomic E-state index is -0.315. The van der Waals surface area contributed by atoms with Gasteiger partial charge in [0.25, 0.3) is 0 Å². The van der Waals surface area contributed by atoms with E-state index in [1.165, 1.54) is 4.57 Å². The van der Waals surface area contributed by atoms with Crippen LogP contribution in [0.1, 0.15) is 22.4 Å². The molecule has 0 atom stereocenters. The molecule has 0 bridgehead atoms. The van der Waals surface area contributed by atoms with Gasteiger partial charge in [-0.2, -0.15) is 0 Å². The SMILES string of the molecule is O=C(CCn1c(O)c(/C=C2\C=Nc3ccccc32)sc1=O)NCCc1ccc(O)cc1. The van der Waals surface area contributed by atoms with Crippen LogP contribution in [0.3, 0.4) is 0 Å². The summed E-state index contributed by atoms with van der Waals surface area (Å²) in [5.41, 5.74) is 3.62. The Hall–Kier alpha value is -3.65. The summed E-state index contributed by atoms with van der Waals surface area (Å²) >= 11 is 0.938. The Balaban J connectivity index is 1.35. The van der Waals surface area contributed by atoms with Gasteiger partial charge in [0.15, 0.2) is 0 Å². The maximum absolute atomic E-state index is 12.3. The van der Waals surface area contributed by atoms with Crippen LogP contribution >= 0.6 is 11.3 Å². The van der Waals surface area contributed by atoms with Crippen LogP contribution in [-0.4, -0.2) is 33.4 Å². The highest BCUT2D eigenvalue weighted by Crippen LogP contribution is 2.34. The number of carbonyl (C=O) groups excluding carboxylic acids is 1. The van der Waals surface area contributed by atoms with Crippen LogP contribution < -0.4 is 10.2 Å². The lowest BCUT2D eigenvalue weighted by Crippen LogP contribution is -2.27. The summed E-state index contributed by atoms with van der Waals surface area (Å²) in [5, 5.41) is 22.6. The van der Waals surface area contributed by atoms with Crippen LogP contribution in [0.15, 0.2) is 58.3 Å². The number of thiazole rings is 1. The van der Waals surface area contributed by atoms with Gasteiger partial charge in [0.2, 0.25) is 11.8 Å². The van der Waals surface area contributed by atoms with Crippen LogP contribution in [0, 0.1) is 0 Å². The number of phenolic OH excluding ortho intramolecular Hbond substituents is 1. The Labute approximate surface area is 182 Å². The number of phenols is 1. The fraction of sp³-hybridized carbons (Fsp3) is 0.174. The maximum atomic E-state index is 12.3. The van der Waals surface area contributed by atoms with Crippen LogP contribution in [-0.2, 0) is 17.8 Å². The maximum Gasteiger partial charge on any atom is 0.310 e. The van der Waals surface area contributed by atoms with Gasteiger partial charge in [-0.3, -0.25) is 19.1 Å². The molecule has 0 unspecified atom stereocenters. The summed E-state index contributed by atoms with van der Waals surface area (Å²) < 4.78 is 1.22. The summed E-state index contributed by atoms with van der Waals surface area (Å²) in [6.07, 6.45) is 4.17. The van der Waals surface area contributed by atoms with E-state index in [2.05, 4.69) is 10.3 Å². The number of rotatable bonds is 7. The molecule has 0 saturated heterocycles. The van der Waals surface area contributed by atoms with Crippen molar-refractivity contribution in [2.75, 3.05) is 6.54 Å². The number of aliphatic imine (C=N–C) groups is 1. The van der Waals surface area contributed by atoms with Crippen molar-refractivity contribution in [3.8, 4) is 11.6 Å². The zero-order valence-corrected chi connectivity index (χ0v) is 17.4. The van der Waals surface area contributed by atoms with Crippen molar-refractivity contribution in [2.45, 2.75) is 19.4 Å². The second-order valence-electron chi connectivity index (χ2n) is 7.10. The molecule has 0 aliphatic carbocycles. The van der Waals surface area contributed by atoms with E-state index in [1.807, 2.05) is 24.3 Å². The number of para-hydroxylation sites is 1. The molecule has 1 aliphatic rings. The number of carbonyl (C=O) groups is 1. The molecule has 2 aromatic carbocycles. The molecule has 0 fully saturated rings. The van der Waals surface area contributed by atoms with Crippen molar-refractivity contribution >= 4 is 40.8 Å². The normalized spacial score (nSPS) is 13.5. The van der Waals surface area contributed by atoms with Crippen molar-refractivity contribution in [1.29, 1.82) is 0 Å². The monoisotopic (exact) mass is 435 g/mol. The van der Waals surface area contributed by atoms with E-state index < -0.39 is 0 Å². The van der Waals surface area contributed by atoms with Gasteiger partial charge in [-0.05, 0) is 36.3 Å². The number of aromatic hydroxyl groups is 2. The number of aromatic nitrogens is 1. The molecule has 4 rings (SSSR count). The topological polar surface area (TPSA) is 104 Å². The van der Waals surface area contributed by atoms with Crippen LogP contribution in [0.2, 0.25) is 0 Å². The molecule has 31 heavy (non-hydrogen) atoms. The molecule has 7 nitrogen and oxygen atoms in total. The Morgan fingerprint density at radius 1 is 1.13 bits per heavy atom. The molecule has 3 N–H and O–H groups in total. The van der Waals surface area contributed by atoms with Crippen molar-refractivity contribution < 1.29 is 15.0 Å². The van der Waals surface area contributed by atoms with Gasteiger partial charge in [0, 0.05) is 36.9 Å². The number of benzene rings is 2. The first kappa shape index (κ1) is 20.6. The van der Waals surface area contributed by atoms with Gasteiger partial charge in [-0.25, -0.2) is 0 Å². The highest BCUT2D eigenvalue weighted by molar-refractivity contribution is 7.10. The van der Waals surface area contributed by atoms with E-state index in [-0.39, 0.29) is 35.4 Å². The molecule has 158 valence electrons. The molecule has 8 heteroatoms. The summed E-state index contributed by atoms with van der Waals surface area (Å²) in [6, 6.07) is 14.5. The zero-order valence-electron chi connectivity index (χ0n) is 16.6. The van der Waals surface area contributed by atoms with Crippen molar-refractivity contribution in [1.82, 2.24) is 9.88 Å². The van der Waals surface area contributed by atoms with Crippen LogP contribution in [0.4, 0.5) is 5.69 Å². The molecular formula is C23H21N3O4S. The molecule has 2 heterocycles. The Morgan fingerprint density at radius 2 is 1.90 bits per heavy atom. The van der Waals surface area contributed by atoms with Crippen molar-refractivity contribution in [3.63, 3.8) is 0 Å². The van der Waals surface area contributed by atoms with E-state index in [9.17, 15) is 19.8 Å². The standard InChI is InChI=1S/C23H21N3O4S/c27-17-7-5-15(6-8-17)9-11-24-21(28)10-12-26-22(29)20(31-23(26)30)13-16-14-25-19-4-2-1-3-18(16)19/h1-8,13-14,27,29H,9-12H2,(H,24,28)/b16-13+. The molecule has 3 aromatic rings. The predicted octanol–water partition coefficient (Wildman–Crippen LogP) is 3.33. The lowest BCUT2D eigenvalue weighted by molar-refractivity contribution is -0.121. The fourth-order valence-electron chi connectivity index (χ4n) is 3.31. The van der Waals surface area contributed by atoms with Gasteiger partial charge >= 0.3 is 4.87 Å². The molecule has 0 spiro atoms. The quantitative estimate of drug-likeness (QED) is 0.530. The number of fused-ring (bicyclic) bond motifs is 1. The first-order valence-electron chi connectivity index (χ1n) is 9.83. The average molecular weight is 436 g/mol. The lowest BCUT2D eigenvalue weighted by atomic mass is 10.1. The number of nitrogens with one attached hydrogen (secondary N) is 1. The predicted molar refractivity (Wildman–Crippen MR) is 122 cm³/mol. The van der Waals surface area contributed by atoms with E-state index in [1.54, 1.807) is 36.6 Å². The van der Waals surface area contributed by atoms with Gasteiger partial charge in [0.1, 0.15) is 5.75 Å². The number of nitrogens with zero attached hydrogens (tertiary/aromatic N) is 2. The van der Waals surface area contributed by atoms with Crippen molar-refractivity contribution in [2.24, 2.45) is 4.99 Å². The molecule has 1 amide bonds. The van der Waals surface area contributed by atoms with Crippen LogP contribution in [0.25, 0.3) is 11.6 Å². The molecule has 1 aliphatic heterocycles. The van der Waals surface area contributed by atoms with E-state index >= 15 is 0 Å². The van der Waals surface area contributed by atoms with E-state index in [0.717, 1.165) is 33.7 Å². The van der Waals surface area contributed by atoms with Crippen molar-refractivity contribution in [3.05, 3.63) is 74.2 Å². The molecule has 1 aromatic heterocycles. The van der Waals surface area contributed by atoms with Gasteiger partial charge in [-0.15, -0.1) is 0 Å². The van der Waals surface area contributed by atoms with E-state index in [0.29, 0.717) is 17.8 Å². The van der Waals surface area contributed by atoms with E-state index in [4.69, 9.17) is 0 Å². The number of hydrogen-bond acceptors (Lipinski definition) is 6. The lowest BCUT2D eigenvalue weighted by Gasteiger charge is -2.07. The summed E-state index contributed by atoms with van der Waals surface area (Å²) in [7, 11) is 0. The first-order chi connectivity index (χ1) is 15.0.